The minimum atomic E-state index is -2.46. The highest BCUT2D eigenvalue weighted by Gasteiger charge is 2.34. The molecule has 0 radical (unpaired) electrons. The van der Waals surface area contributed by atoms with Crippen LogP contribution in [0.2, 0.25) is 0 Å². The van der Waals surface area contributed by atoms with E-state index in [4.69, 9.17) is 4.98 Å². The summed E-state index contributed by atoms with van der Waals surface area (Å²) in [6.07, 6.45) is -0.813. The van der Waals surface area contributed by atoms with E-state index < -0.39 is 6.43 Å². The zero-order chi connectivity index (χ0) is 24.4. The summed E-state index contributed by atoms with van der Waals surface area (Å²) in [4.78, 5) is 19.9. The standard InChI is InChI=1S/C27H28BrF2N3O/c1-16(2)25-24-22(15-33(25)14-18-4-6-20(7-5-18)26(29)30)12-21(13-31-24)27(34)32-17(3)19-8-10-23(28)11-9-19/h4-13,16-17,25-26H,14-15H2,1-3H3,(H,32,34). The lowest BCUT2D eigenvalue weighted by Crippen LogP contribution is -2.27. The molecule has 1 aromatic heterocycles. The van der Waals surface area contributed by atoms with Crippen LogP contribution >= 0.6 is 15.9 Å². The van der Waals surface area contributed by atoms with Crippen LogP contribution in [0.1, 0.15) is 77.6 Å². The fourth-order valence-electron chi connectivity index (χ4n) is 4.54. The Morgan fingerprint density at radius 2 is 1.74 bits per heavy atom. The molecule has 1 aliphatic heterocycles. The van der Waals surface area contributed by atoms with Crippen molar-refractivity contribution in [3.8, 4) is 0 Å². The number of alkyl halides is 2. The Morgan fingerprint density at radius 1 is 1.09 bits per heavy atom. The molecule has 4 rings (SSSR count). The minimum Gasteiger partial charge on any atom is -0.345 e. The molecular weight excluding hydrogens is 500 g/mol. The van der Waals surface area contributed by atoms with Crippen molar-refractivity contribution < 1.29 is 13.6 Å². The highest BCUT2D eigenvalue weighted by Crippen LogP contribution is 2.38. The summed E-state index contributed by atoms with van der Waals surface area (Å²) in [7, 11) is 0. The van der Waals surface area contributed by atoms with Crippen LogP contribution in [0, 0.1) is 5.92 Å². The number of fused-ring (bicyclic) bond motifs is 1. The van der Waals surface area contributed by atoms with Crippen molar-refractivity contribution in [3.63, 3.8) is 0 Å². The Morgan fingerprint density at radius 3 is 2.35 bits per heavy atom. The van der Waals surface area contributed by atoms with Crippen molar-refractivity contribution in [3.05, 3.63) is 98.8 Å². The maximum absolute atomic E-state index is 12.9. The van der Waals surface area contributed by atoms with E-state index in [1.54, 1.807) is 18.3 Å². The van der Waals surface area contributed by atoms with Crippen LogP contribution in [-0.2, 0) is 13.1 Å². The van der Waals surface area contributed by atoms with Gasteiger partial charge in [-0.05, 0) is 47.7 Å². The Hall–Kier alpha value is -2.64. The number of carbonyl (C=O) groups excluding carboxylic acids is 1. The van der Waals surface area contributed by atoms with E-state index in [2.05, 4.69) is 40.0 Å². The van der Waals surface area contributed by atoms with Crippen LogP contribution in [0.15, 0.2) is 65.3 Å². The number of hydrogen-bond acceptors (Lipinski definition) is 3. The third-order valence-electron chi connectivity index (χ3n) is 6.28. The smallest absolute Gasteiger partial charge is 0.263 e. The van der Waals surface area contributed by atoms with Gasteiger partial charge in [0.25, 0.3) is 12.3 Å². The highest BCUT2D eigenvalue weighted by molar-refractivity contribution is 9.10. The predicted octanol–water partition coefficient (Wildman–Crippen LogP) is 6.99. The van der Waals surface area contributed by atoms with Gasteiger partial charge in [0.05, 0.1) is 23.3 Å². The van der Waals surface area contributed by atoms with E-state index in [1.165, 1.54) is 12.1 Å². The number of benzene rings is 2. The normalized spacial score (nSPS) is 16.6. The lowest BCUT2D eigenvalue weighted by molar-refractivity contribution is 0.0939. The molecule has 0 aliphatic carbocycles. The molecule has 34 heavy (non-hydrogen) atoms. The zero-order valence-electron chi connectivity index (χ0n) is 19.4. The van der Waals surface area contributed by atoms with E-state index in [0.29, 0.717) is 24.6 Å². The first-order chi connectivity index (χ1) is 16.2. The van der Waals surface area contributed by atoms with Crippen molar-refractivity contribution in [2.45, 2.75) is 52.4 Å². The summed E-state index contributed by atoms with van der Waals surface area (Å²) in [5.41, 5.74) is 4.58. The molecule has 1 amide bonds. The van der Waals surface area contributed by atoms with E-state index in [1.807, 2.05) is 37.3 Å². The van der Waals surface area contributed by atoms with Gasteiger partial charge in [0.15, 0.2) is 0 Å². The second-order valence-corrected chi connectivity index (χ2v) is 10.1. The monoisotopic (exact) mass is 527 g/mol. The first-order valence-electron chi connectivity index (χ1n) is 11.4. The molecule has 1 N–H and O–H groups in total. The predicted molar refractivity (Wildman–Crippen MR) is 132 cm³/mol. The molecule has 0 bridgehead atoms. The summed E-state index contributed by atoms with van der Waals surface area (Å²) in [5, 5.41) is 3.05. The number of nitrogens with zero attached hydrogens (tertiary/aromatic N) is 2. The first-order valence-corrected chi connectivity index (χ1v) is 12.2. The molecule has 0 saturated carbocycles. The molecule has 0 fully saturated rings. The molecule has 0 saturated heterocycles. The largest absolute Gasteiger partial charge is 0.345 e. The zero-order valence-corrected chi connectivity index (χ0v) is 21.0. The number of rotatable bonds is 7. The van der Waals surface area contributed by atoms with Gasteiger partial charge in [-0.1, -0.05) is 66.2 Å². The van der Waals surface area contributed by atoms with Crippen molar-refractivity contribution in [2.75, 3.05) is 0 Å². The molecule has 2 unspecified atom stereocenters. The SMILES string of the molecule is CC(NC(=O)c1cnc2c(c1)CN(Cc1ccc(C(F)F)cc1)C2C(C)C)c1ccc(Br)cc1. The van der Waals surface area contributed by atoms with Crippen LogP contribution < -0.4 is 5.32 Å². The number of amides is 1. The quantitative estimate of drug-likeness (QED) is 0.360. The van der Waals surface area contributed by atoms with Gasteiger partial charge in [0.2, 0.25) is 0 Å². The highest BCUT2D eigenvalue weighted by atomic mass is 79.9. The number of nitrogens with one attached hydrogen (secondary N) is 1. The second-order valence-electron chi connectivity index (χ2n) is 9.15. The van der Waals surface area contributed by atoms with Gasteiger partial charge in [0, 0.05) is 29.3 Å². The molecule has 4 nitrogen and oxygen atoms in total. The number of hydrogen-bond donors (Lipinski definition) is 1. The average Bonchev–Trinajstić information content (AvgIpc) is 3.17. The summed E-state index contributed by atoms with van der Waals surface area (Å²) in [6, 6.07) is 16.3. The van der Waals surface area contributed by atoms with E-state index in [-0.39, 0.29) is 23.6 Å². The second kappa shape index (κ2) is 10.3. The van der Waals surface area contributed by atoms with Gasteiger partial charge in [-0.15, -0.1) is 0 Å². The fourth-order valence-corrected chi connectivity index (χ4v) is 4.80. The number of aromatic nitrogens is 1. The Bertz CT molecular complexity index is 1150. The van der Waals surface area contributed by atoms with E-state index in [0.717, 1.165) is 26.9 Å². The number of pyridine rings is 1. The Labute approximate surface area is 207 Å². The van der Waals surface area contributed by atoms with Crippen LogP contribution in [0.25, 0.3) is 0 Å². The lowest BCUT2D eigenvalue weighted by Gasteiger charge is -2.27. The van der Waals surface area contributed by atoms with Crippen LogP contribution in [0.3, 0.4) is 0 Å². The number of halogens is 3. The Balaban J connectivity index is 1.49. The van der Waals surface area contributed by atoms with Gasteiger partial charge in [0.1, 0.15) is 0 Å². The topological polar surface area (TPSA) is 45.2 Å². The van der Waals surface area contributed by atoms with Gasteiger partial charge in [-0.25, -0.2) is 8.78 Å². The summed E-state index contributed by atoms with van der Waals surface area (Å²) >= 11 is 3.43. The third kappa shape index (κ3) is 5.36. The van der Waals surface area contributed by atoms with Crippen LogP contribution in [0.5, 0.6) is 0 Å². The van der Waals surface area contributed by atoms with Gasteiger partial charge in [-0.2, -0.15) is 0 Å². The van der Waals surface area contributed by atoms with Crippen LogP contribution in [0.4, 0.5) is 8.78 Å². The minimum absolute atomic E-state index is 0.0311. The molecule has 2 atom stereocenters. The van der Waals surface area contributed by atoms with Gasteiger partial charge in [-0.3, -0.25) is 14.7 Å². The van der Waals surface area contributed by atoms with E-state index in [9.17, 15) is 13.6 Å². The summed E-state index contributed by atoms with van der Waals surface area (Å²) < 4.78 is 26.8. The maximum atomic E-state index is 12.9. The molecule has 0 spiro atoms. The molecule has 3 aromatic rings. The van der Waals surface area contributed by atoms with Crippen molar-refractivity contribution in [1.82, 2.24) is 15.2 Å². The first kappa shape index (κ1) is 24.5. The fraction of sp³-hybridized carbons (Fsp3) is 0.333. The van der Waals surface area contributed by atoms with Gasteiger partial charge >= 0.3 is 0 Å². The van der Waals surface area contributed by atoms with Gasteiger partial charge < -0.3 is 5.32 Å². The van der Waals surface area contributed by atoms with Crippen molar-refractivity contribution in [1.29, 1.82) is 0 Å². The molecular formula is C27H28BrF2N3O. The molecule has 1 aliphatic rings. The van der Waals surface area contributed by atoms with Crippen LogP contribution in [-0.4, -0.2) is 15.8 Å². The average molecular weight is 528 g/mol. The summed E-state index contributed by atoms with van der Waals surface area (Å²) in [6.45, 7) is 7.54. The molecule has 2 aromatic carbocycles. The Kier molecular flexibility index (Phi) is 7.43. The summed E-state index contributed by atoms with van der Waals surface area (Å²) in [5.74, 6) is 0.152. The molecule has 7 heteroatoms. The number of carbonyl (C=O) groups is 1. The van der Waals surface area contributed by atoms with Crippen molar-refractivity contribution in [2.24, 2.45) is 5.92 Å². The molecule has 2 heterocycles. The molecule has 178 valence electrons. The maximum Gasteiger partial charge on any atom is 0.263 e. The third-order valence-corrected chi connectivity index (χ3v) is 6.81. The lowest BCUT2D eigenvalue weighted by atomic mass is 9.99. The van der Waals surface area contributed by atoms with E-state index >= 15 is 0 Å². The van der Waals surface area contributed by atoms with Crippen molar-refractivity contribution >= 4 is 21.8 Å².